The average molecular weight is 278 g/mol. The summed E-state index contributed by atoms with van der Waals surface area (Å²) in [6.07, 6.45) is 3.30. The van der Waals surface area contributed by atoms with Gasteiger partial charge in [-0.05, 0) is 25.5 Å². The highest BCUT2D eigenvalue weighted by atomic mass is 35.5. The largest absolute Gasteiger partial charge is 0.350 e. The van der Waals surface area contributed by atoms with E-state index in [1.54, 1.807) is 17.1 Å². The molecule has 0 aliphatic carbocycles. The standard InChI is InChI=1S/C14H16ClN3O/c1-10-3-4-13(11(2)7-10)14(19)16-5-6-18-9-12(15)8-17-18/h3-4,7-9H,5-6H2,1-2H3,(H,16,19). The van der Waals surface area contributed by atoms with Crippen LogP contribution in [0.15, 0.2) is 30.6 Å². The third-order valence-corrected chi connectivity index (χ3v) is 3.05. The van der Waals surface area contributed by atoms with Crippen LogP contribution in [0.2, 0.25) is 5.02 Å². The Morgan fingerprint density at radius 2 is 2.21 bits per heavy atom. The van der Waals surface area contributed by atoms with Gasteiger partial charge in [0.15, 0.2) is 0 Å². The van der Waals surface area contributed by atoms with Gasteiger partial charge in [0.2, 0.25) is 0 Å². The summed E-state index contributed by atoms with van der Waals surface area (Å²) in [5.74, 6) is -0.0595. The number of hydrogen-bond acceptors (Lipinski definition) is 2. The van der Waals surface area contributed by atoms with Gasteiger partial charge in [-0.25, -0.2) is 0 Å². The maximum Gasteiger partial charge on any atom is 0.251 e. The predicted octanol–water partition coefficient (Wildman–Crippen LogP) is 2.58. The fourth-order valence-corrected chi connectivity index (χ4v) is 2.06. The summed E-state index contributed by atoms with van der Waals surface area (Å²) in [5, 5.41) is 7.52. The van der Waals surface area contributed by atoms with Gasteiger partial charge in [0.25, 0.3) is 5.91 Å². The highest BCUT2D eigenvalue weighted by molar-refractivity contribution is 6.30. The van der Waals surface area contributed by atoms with Crippen LogP contribution in [0, 0.1) is 13.8 Å². The molecule has 0 unspecified atom stereocenters. The quantitative estimate of drug-likeness (QED) is 0.934. The number of carbonyl (C=O) groups excluding carboxylic acids is 1. The van der Waals surface area contributed by atoms with Gasteiger partial charge in [0.05, 0.1) is 17.8 Å². The lowest BCUT2D eigenvalue weighted by atomic mass is 10.1. The van der Waals surface area contributed by atoms with Crippen molar-refractivity contribution in [3.8, 4) is 0 Å². The highest BCUT2D eigenvalue weighted by Gasteiger charge is 2.08. The second kappa shape index (κ2) is 5.89. The van der Waals surface area contributed by atoms with Crippen molar-refractivity contribution in [3.05, 3.63) is 52.3 Å². The molecule has 2 aromatic rings. The lowest BCUT2D eigenvalue weighted by Crippen LogP contribution is -2.27. The maximum atomic E-state index is 12.0. The van der Waals surface area contributed by atoms with Crippen molar-refractivity contribution in [1.82, 2.24) is 15.1 Å². The molecule has 19 heavy (non-hydrogen) atoms. The molecule has 1 aromatic carbocycles. The Bertz CT molecular complexity index is 592. The van der Waals surface area contributed by atoms with E-state index in [9.17, 15) is 4.79 Å². The van der Waals surface area contributed by atoms with E-state index in [2.05, 4.69) is 10.4 Å². The molecule has 0 saturated heterocycles. The minimum absolute atomic E-state index is 0.0595. The van der Waals surface area contributed by atoms with Gasteiger partial charge in [0.1, 0.15) is 0 Å². The van der Waals surface area contributed by atoms with Crippen LogP contribution in [0.4, 0.5) is 0 Å². The first-order chi connectivity index (χ1) is 9.06. The number of hydrogen-bond donors (Lipinski definition) is 1. The summed E-state index contributed by atoms with van der Waals surface area (Å²) in [6.45, 7) is 5.07. The molecule has 0 atom stereocenters. The van der Waals surface area contributed by atoms with E-state index in [0.29, 0.717) is 23.7 Å². The molecule has 4 nitrogen and oxygen atoms in total. The Kier molecular flexibility index (Phi) is 4.22. The number of carbonyl (C=O) groups is 1. The van der Waals surface area contributed by atoms with Crippen LogP contribution < -0.4 is 5.32 Å². The summed E-state index contributed by atoms with van der Waals surface area (Å²) < 4.78 is 1.70. The van der Waals surface area contributed by atoms with Gasteiger partial charge in [-0.15, -0.1) is 0 Å². The zero-order chi connectivity index (χ0) is 13.8. The molecule has 1 heterocycles. The molecule has 1 aromatic heterocycles. The van der Waals surface area contributed by atoms with Crippen molar-refractivity contribution >= 4 is 17.5 Å². The number of aryl methyl sites for hydroxylation is 2. The third-order valence-electron chi connectivity index (χ3n) is 2.85. The average Bonchev–Trinajstić information content (AvgIpc) is 2.75. The molecule has 2 rings (SSSR count). The Morgan fingerprint density at radius 1 is 1.42 bits per heavy atom. The molecule has 0 aliphatic heterocycles. The Hall–Kier alpha value is -1.81. The first-order valence-electron chi connectivity index (χ1n) is 6.09. The van der Waals surface area contributed by atoms with Crippen molar-refractivity contribution in [1.29, 1.82) is 0 Å². The Labute approximate surface area is 117 Å². The van der Waals surface area contributed by atoms with Crippen LogP contribution >= 0.6 is 11.6 Å². The first-order valence-corrected chi connectivity index (χ1v) is 6.47. The summed E-state index contributed by atoms with van der Waals surface area (Å²) >= 11 is 5.76. The Balaban J connectivity index is 1.90. The number of nitrogens with zero attached hydrogens (tertiary/aromatic N) is 2. The fraction of sp³-hybridized carbons (Fsp3) is 0.286. The molecule has 0 saturated carbocycles. The van der Waals surface area contributed by atoms with Crippen molar-refractivity contribution in [2.75, 3.05) is 6.54 Å². The molecule has 0 bridgehead atoms. The summed E-state index contributed by atoms with van der Waals surface area (Å²) in [6, 6.07) is 5.79. The Morgan fingerprint density at radius 3 is 2.84 bits per heavy atom. The number of halogens is 1. The number of amides is 1. The van der Waals surface area contributed by atoms with Crippen molar-refractivity contribution in [3.63, 3.8) is 0 Å². The molecular weight excluding hydrogens is 262 g/mol. The molecule has 0 aliphatic rings. The minimum Gasteiger partial charge on any atom is -0.350 e. The SMILES string of the molecule is Cc1ccc(C(=O)NCCn2cc(Cl)cn2)c(C)c1. The van der Waals surface area contributed by atoms with Gasteiger partial charge in [-0.3, -0.25) is 9.48 Å². The fourth-order valence-electron chi connectivity index (χ4n) is 1.91. The topological polar surface area (TPSA) is 46.9 Å². The van der Waals surface area contributed by atoms with Crippen LogP contribution in [-0.2, 0) is 6.54 Å². The monoisotopic (exact) mass is 277 g/mol. The van der Waals surface area contributed by atoms with E-state index < -0.39 is 0 Å². The van der Waals surface area contributed by atoms with E-state index >= 15 is 0 Å². The van der Waals surface area contributed by atoms with E-state index in [-0.39, 0.29) is 5.91 Å². The second-order valence-electron chi connectivity index (χ2n) is 4.50. The number of nitrogens with one attached hydrogen (secondary N) is 1. The highest BCUT2D eigenvalue weighted by Crippen LogP contribution is 2.10. The lowest BCUT2D eigenvalue weighted by Gasteiger charge is -2.08. The van der Waals surface area contributed by atoms with Gasteiger partial charge >= 0.3 is 0 Å². The smallest absolute Gasteiger partial charge is 0.251 e. The first kappa shape index (κ1) is 13.6. The van der Waals surface area contributed by atoms with Crippen LogP contribution in [0.1, 0.15) is 21.5 Å². The van der Waals surface area contributed by atoms with Crippen LogP contribution in [0.3, 0.4) is 0 Å². The van der Waals surface area contributed by atoms with Gasteiger partial charge < -0.3 is 5.32 Å². The van der Waals surface area contributed by atoms with E-state index in [4.69, 9.17) is 11.6 Å². The maximum absolute atomic E-state index is 12.0. The summed E-state index contributed by atoms with van der Waals surface area (Å²) in [5.41, 5.74) is 2.85. The number of aromatic nitrogens is 2. The van der Waals surface area contributed by atoms with E-state index in [0.717, 1.165) is 11.1 Å². The van der Waals surface area contributed by atoms with Gasteiger partial charge in [0, 0.05) is 18.3 Å². The molecule has 0 fully saturated rings. The molecule has 5 heteroatoms. The molecule has 0 radical (unpaired) electrons. The lowest BCUT2D eigenvalue weighted by molar-refractivity contribution is 0.0951. The zero-order valence-electron chi connectivity index (χ0n) is 11.0. The minimum atomic E-state index is -0.0595. The van der Waals surface area contributed by atoms with Crippen LogP contribution in [0.25, 0.3) is 0 Å². The summed E-state index contributed by atoms with van der Waals surface area (Å²) in [7, 11) is 0. The predicted molar refractivity (Wildman–Crippen MR) is 75.5 cm³/mol. The normalized spacial score (nSPS) is 10.5. The molecular formula is C14H16ClN3O. The van der Waals surface area contributed by atoms with Crippen molar-refractivity contribution in [2.24, 2.45) is 0 Å². The van der Waals surface area contributed by atoms with Crippen LogP contribution in [-0.4, -0.2) is 22.2 Å². The van der Waals surface area contributed by atoms with E-state index in [1.807, 2.05) is 32.0 Å². The number of rotatable bonds is 4. The van der Waals surface area contributed by atoms with E-state index in [1.165, 1.54) is 0 Å². The second-order valence-corrected chi connectivity index (χ2v) is 4.93. The third kappa shape index (κ3) is 3.58. The van der Waals surface area contributed by atoms with Crippen LogP contribution in [0.5, 0.6) is 0 Å². The van der Waals surface area contributed by atoms with Gasteiger partial charge in [-0.1, -0.05) is 29.3 Å². The van der Waals surface area contributed by atoms with Crippen molar-refractivity contribution < 1.29 is 4.79 Å². The molecule has 0 spiro atoms. The van der Waals surface area contributed by atoms with Gasteiger partial charge in [-0.2, -0.15) is 5.10 Å². The molecule has 1 amide bonds. The zero-order valence-corrected chi connectivity index (χ0v) is 11.7. The number of benzene rings is 1. The van der Waals surface area contributed by atoms with Crippen molar-refractivity contribution in [2.45, 2.75) is 20.4 Å². The molecule has 1 N–H and O–H groups in total. The summed E-state index contributed by atoms with van der Waals surface area (Å²) in [4.78, 5) is 12.0. The molecule has 100 valence electrons.